The summed E-state index contributed by atoms with van der Waals surface area (Å²) in [7, 11) is 0. The highest BCUT2D eigenvalue weighted by atomic mass is 16.5. The average Bonchev–Trinajstić information content (AvgIpc) is 2.85. The zero-order valence-electron chi connectivity index (χ0n) is 20.2. The molecule has 0 atom stereocenters. The van der Waals surface area contributed by atoms with Crippen LogP contribution in [0.4, 0.5) is 0 Å². The molecule has 33 heavy (non-hydrogen) atoms. The fraction of sp³-hybridized carbons (Fsp3) is 0.517. The predicted octanol–water partition coefficient (Wildman–Crippen LogP) is 7.86. The third kappa shape index (κ3) is 8.03. The van der Waals surface area contributed by atoms with Gasteiger partial charge in [0, 0.05) is 6.42 Å². The quantitative estimate of drug-likeness (QED) is 0.199. The minimum atomic E-state index is -0.383. The Morgan fingerprint density at radius 2 is 1.36 bits per heavy atom. The SMILES string of the molecule is CCCCCCCC1CCC(c2ccc(C(=O)Oc3ccc(OC(=O)CC)cc3)cc2)CC1. The smallest absolute Gasteiger partial charge is 0.343 e. The number of carbonyl (C=O) groups is 2. The average molecular weight is 451 g/mol. The lowest BCUT2D eigenvalue weighted by Crippen LogP contribution is -2.14. The number of carbonyl (C=O) groups excluding carboxylic acids is 2. The molecule has 2 aromatic carbocycles. The van der Waals surface area contributed by atoms with Gasteiger partial charge in [-0.2, -0.15) is 0 Å². The summed E-state index contributed by atoms with van der Waals surface area (Å²) in [6.45, 7) is 4.01. The van der Waals surface area contributed by atoms with Crippen LogP contribution in [0.1, 0.15) is 106 Å². The highest BCUT2D eigenvalue weighted by Crippen LogP contribution is 2.37. The van der Waals surface area contributed by atoms with Crippen molar-refractivity contribution in [3.05, 3.63) is 59.7 Å². The first kappa shape index (κ1) is 25.0. The first-order valence-corrected chi connectivity index (χ1v) is 12.7. The molecule has 0 saturated heterocycles. The van der Waals surface area contributed by atoms with Crippen molar-refractivity contribution in [2.24, 2.45) is 5.92 Å². The van der Waals surface area contributed by atoms with Gasteiger partial charge < -0.3 is 9.47 Å². The Morgan fingerprint density at radius 1 is 0.758 bits per heavy atom. The molecule has 4 heteroatoms. The molecule has 0 aromatic heterocycles. The highest BCUT2D eigenvalue weighted by Gasteiger charge is 2.22. The Hall–Kier alpha value is -2.62. The topological polar surface area (TPSA) is 52.6 Å². The van der Waals surface area contributed by atoms with Crippen molar-refractivity contribution in [2.75, 3.05) is 0 Å². The van der Waals surface area contributed by atoms with Gasteiger partial charge in [0.15, 0.2) is 0 Å². The van der Waals surface area contributed by atoms with E-state index in [1.165, 1.54) is 69.8 Å². The van der Waals surface area contributed by atoms with Crippen LogP contribution >= 0.6 is 0 Å². The summed E-state index contributed by atoms with van der Waals surface area (Å²) in [5.74, 6) is 1.69. The van der Waals surface area contributed by atoms with Crippen LogP contribution in [0.3, 0.4) is 0 Å². The standard InChI is InChI=1S/C29H38O4/c1-3-5-6-7-8-9-22-10-12-23(13-11-22)24-14-16-25(17-15-24)29(31)33-27-20-18-26(19-21-27)32-28(30)4-2/h14-23H,3-13H2,1-2H3. The van der Waals surface area contributed by atoms with Crippen molar-refractivity contribution in [2.45, 2.75) is 90.4 Å². The molecule has 0 aliphatic heterocycles. The Bertz CT molecular complexity index is 861. The summed E-state index contributed by atoms with van der Waals surface area (Å²) in [6.07, 6.45) is 13.7. The van der Waals surface area contributed by atoms with Gasteiger partial charge in [0.05, 0.1) is 5.56 Å². The normalized spacial score (nSPS) is 18.0. The molecule has 0 spiro atoms. The molecule has 0 radical (unpaired) electrons. The van der Waals surface area contributed by atoms with Gasteiger partial charge in [-0.15, -0.1) is 0 Å². The van der Waals surface area contributed by atoms with Gasteiger partial charge in [-0.3, -0.25) is 4.79 Å². The molecule has 1 aliphatic carbocycles. The van der Waals surface area contributed by atoms with E-state index in [1.807, 2.05) is 12.1 Å². The number of hydrogen-bond acceptors (Lipinski definition) is 4. The number of benzene rings is 2. The lowest BCUT2D eigenvalue weighted by molar-refractivity contribution is -0.134. The van der Waals surface area contributed by atoms with Crippen LogP contribution < -0.4 is 9.47 Å². The molecule has 0 unspecified atom stereocenters. The van der Waals surface area contributed by atoms with E-state index in [0.29, 0.717) is 29.4 Å². The van der Waals surface area contributed by atoms with Crippen molar-refractivity contribution in [1.82, 2.24) is 0 Å². The van der Waals surface area contributed by atoms with E-state index in [0.717, 1.165) is 5.92 Å². The molecule has 0 heterocycles. The second-order valence-electron chi connectivity index (χ2n) is 9.23. The van der Waals surface area contributed by atoms with Crippen molar-refractivity contribution < 1.29 is 19.1 Å². The van der Waals surface area contributed by atoms with Gasteiger partial charge in [0.25, 0.3) is 0 Å². The van der Waals surface area contributed by atoms with Gasteiger partial charge >= 0.3 is 11.9 Å². The van der Waals surface area contributed by atoms with E-state index in [-0.39, 0.29) is 11.9 Å². The van der Waals surface area contributed by atoms with Crippen molar-refractivity contribution in [3.63, 3.8) is 0 Å². The molecule has 4 nitrogen and oxygen atoms in total. The summed E-state index contributed by atoms with van der Waals surface area (Å²) in [6, 6.07) is 14.4. The van der Waals surface area contributed by atoms with Gasteiger partial charge in [-0.05, 0) is 79.5 Å². The third-order valence-electron chi connectivity index (χ3n) is 6.74. The molecule has 1 fully saturated rings. The van der Waals surface area contributed by atoms with Crippen LogP contribution in [-0.4, -0.2) is 11.9 Å². The van der Waals surface area contributed by atoms with Gasteiger partial charge in [-0.1, -0.05) is 64.5 Å². The number of unbranched alkanes of at least 4 members (excludes halogenated alkanes) is 4. The molecule has 0 bridgehead atoms. The minimum absolute atomic E-state index is 0.296. The van der Waals surface area contributed by atoms with Gasteiger partial charge in [0.1, 0.15) is 11.5 Å². The molecular formula is C29H38O4. The second kappa shape index (κ2) is 13.2. The van der Waals surface area contributed by atoms with Crippen LogP contribution in [0.5, 0.6) is 11.5 Å². The molecule has 1 saturated carbocycles. The Kier molecular flexibility index (Phi) is 9.99. The van der Waals surface area contributed by atoms with Crippen LogP contribution in [-0.2, 0) is 4.79 Å². The lowest BCUT2D eigenvalue weighted by atomic mass is 9.77. The number of rotatable bonds is 11. The van der Waals surface area contributed by atoms with E-state index < -0.39 is 0 Å². The summed E-state index contributed by atoms with van der Waals surface area (Å²) in [4.78, 5) is 23.9. The molecule has 1 aliphatic rings. The van der Waals surface area contributed by atoms with Crippen molar-refractivity contribution >= 4 is 11.9 Å². The maximum Gasteiger partial charge on any atom is 0.343 e. The highest BCUT2D eigenvalue weighted by molar-refractivity contribution is 5.91. The number of ether oxygens (including phenoxy) is 2. The van der Waals surface area contributed by atoms with E-state index in [2.05, 4.69) is 19.1 Å². The second-order valence-corrected chi connectivity index (χ2v) is 9.23. The number of hydrogen-bond donors (Lipinski definition) is 0. The van der Waals surface area contributed by atoms with E-state index in [9.17, 15) is 9.59 Å². The zero-order valence-corrected chi connectivity index (χ0v) is 20.2. The summed E-state index contributed by atoms with van der Waals surface area (Å²) < 4.78 is 10.6. The lowest BCUT2D eigenvalue weighted by Gasteiger charge is -2.29. The monoisotopic (exact) mass is 450 g/mol. The summed E-state index contributed by atoms with van der Waals surface area (Å²) in [5, 5.41) is 0. The van der Waals surface area contributed by atoms with Crippen LogP contribution in [0.2, 0.25) is 0 Å². The molecule has 0 amide bonds. The molecule has 3 rings (SSSR count). The van der Waals surface area contributed by atoms with Crippen molar-refractivity contribution in [1.29, 1.82) is 0 Å². The predicted molar refractivity (Wildman–Crippen MR) is 132 cm³/mol. The van der Waals surface area contributed by atoms with E-state index >= 15 is 0 Å². The molecule has 0 N–H and O–H groups in total. The Labute approximate surface area is 198 Å². The van der Waals surface area contributed by atoms with Gasteiger partial charge in [0.2, 0.25) is 0 Å². The molecule has 178 valence electrons. The Balaban J connectivity index is 1.44. The van der Waals surface area contributed by atoms with E-state index in [1.54, 1.807) is 31.2 Å². The summed E-state index contributed by atoms with van der Waals surface area (Å²) >= 11 is 0. The minimum Gasteiger partial charge on any atom is -0.427 e. The van der Waals surface area contributed by atoms with Crippen LogP contribution in [0, 0.1) is 5.92 Å². The maximum atomic E-state index is 12.5. The van der Waals surface area contributed by atoms with Crippen LogP contribution in [0.25, 0.3) is 0 Å². The van der Waals surface area contributed by atoms with Crippen LogP contribution in [0.15, 0.2) is 48.5 Å². The van der Waals surface area contributed by atoms with Gasteiger partial charge in [-0.25, -0.2) is 4.79 Å². The van der Waals surface area contributed by atoms with Crippen molar-refractivity contribution in [3.8, 4) is 11.5 Å². The first-order valence-electron chi connectivity index (χ1n) is 12.7. The summed E-state index contributed by atoms with van der Waals surface area (Å²) in [5.41, 5.74) is 1.87. The Morgan fingerprint density at radius 3 is 1.97 bits per heavy atom. The molecule has 2 aromatic rings. The number of esters is 2. The van der Waals surface area contributed by atoms with E-state index in [4.69, 9.17) is 9.47 Å². The molecular weight excluding hydrogens is 412 g/mol. The third-order valence-corrected chi connectivity index (χ3v) is 6.74. The maximum absolute atomic E-state index is 12.5. The first-order chi connectivity index (χ1) is 16.1. The largest absolute Gasteiger partial charge is 0.427 e. The fourth-order valence-corrected chi connectivity index (χ4v) is 4.66. The zero-order chi connectivity index (χ0) is 23.5. The fourth-order valence-electron chi connectivity index (χ4n) is 4.66.